The highest BCUT2D eigenvalue weighted by Gasteiger charge is 2.26. The van der Waals surface area contributed by atoms with Crippen molar-refractivity contribution in [1.29, 1.82) is 10.5 Å². The van der Waals surface area contributed by atoms with E-state index in [-0.39, 0.29) is 10.6 Å². The molecule has 0 bridgehead atoms. The third-order valence-electron chi connectivity index (χ3n) is 2.02. The Morgan fingerprint density at radius 1 is 1.39 bits per heavy atom. The molecule has 0 aromatic carbocycles. The molecule has 18 heavy (non-hydrogen) atoms. The van der Waals surface area contributed by atoms with E-state index in [4.69, 9.17) is 15.6 Å². The maximum absolute atomic E-state index is 12.0. The number of sulfonamides is 1. The van der Waals surface area contributed by atoms with Crippen LogP contribution in [0.2, 0.25) is 0 Å². The van der Waals surface area contributed by atoms with Crippen molar-refractivity contribution in [3.05, 3.63) is 18.0 Å². The number of carbonyl (C=O) groups is 1. The molecule has 0 unspecified atom stereocenters. The minimum atomic E-state index is -4.04. The second-order valence-electron chi connectivity index (χ2n) is 3.14. The molecule has 1 aromatic heterocycles. The highest BCUT2D eigenvalue weighted by atomic mass is 32.2. The van der Waals surface area contributed by atoms with Crippen molar-refractivity contribution < 1.29 is 18.3 Å². The van der Waals surface area contributed by atoms with Crippen LogP contribution in [0.1, 0.15) is 10.5 Å². The van der Waals surface area contributed by atoms with E-state index in [1.54, 1.807) is 12.1 Å². The van der Waals surface area contributed by atoms with Gasteiger partial charge in [-0.25, -0.2) is 13.2 Å². The quantitative estimate of drug-likeness (QED) is 0.706. The number of carboxylic acid groups (broad SMARTS) is 1. The van der Waals surface area contributed by atoms with Crippen molar-refractivity contribution in [3.63, 3.8) is 0 Å². The number of hydrogen-bond donors (Lipinski definition) is 2. The standard InChI is InChI=1S/C9H8N4O4S/c10-1-3-13(4-2-11)18(16,17)7-5-8(9(14)15)12-6-7/h5-6,12H,3-4H2,(H,14,15). The van der Waals surface area contributed by atoms with E-state index in [9.17, 15) is 13.2 Å². The van der Waals surface area contributed by atoms with E-state index in [2.05, 4.69) is 4.98 Å². The molecule has 1 heterocycles. The van der Waals surface area contributed by atoms with Crippen LogP contribution in [0.15, 0.2) is 17.2 Å². The molecule has 1 aromatic rings. The topological polar surface area (TPSA) is 138 Å². The number of H-pyrrole nitrogens is 1. The van der Waals surface area contributed by atoms with Gasteiger partial charge in [-0.2, -0.15) is 14.8 Å². The number of nitrogens with zero attached hydrogens (tertiary/aromatic N) is 3. The van der Waals surface area contributed by atoms with Gasteiger partial charge in [-0.15, -0.1) is 0 Å². The number of hydrogen-bond acceptors (Lipinski definition) is 5. The largest absolute Gasteiger partial charge is 0.477 e. The number of aromatic amines is 1. The van der Waals surface area contributed by atoms with E-state index in [0.717, 1.165) is 12.3 Å². The first-order chi connectivity index (χ1) is 8.43. The number of rotatable bonds is 5. The van der Waals surface area contributed by atoms with E-state index in [0.29, 0.717) is 4.31 Å². The maximum Gasteiger partial charge on any atom is 0.352 e. The average Bonchev–Trinajstić information content (AvgIpc) is 2.78. The van der Waals surface area contributed by atoms with Crippen LogP contribution in [0.25, 0.3) is 0 Å². The summed E-state index contributed by atoms with van der Waals surface area (Å²) < 4.78 is 24.6. The Balaban J connectivity index is 3.15. The zero-order valence-electron chi connectivity index (χ0n) is 8.99. The highest BCUT2D eigenvalue weighted by Crippen LogP contribution is 2.16. The Morgan fingerprint density at radius 3 is 2.33 bits per heavy atom. The molecule has 1 rings (SSSR count). The first kappa shape index (κ1) is 13.7. The SMILES string of the molecule is N#CCN(CC#N)S(=O)(=O)c1c[nH]c(C(=O)O)c1. The lowest BCUT2D eigenvalue weighted by molar-refractivity contribution is 0.0691. The Hall–Kier alpha value is -2.36. The van der Waals surface area contributed by atoms with E-state index >= 15 is 0 Å². The third kappa shape index (κ3) is 2.66. The normalized spacial score (nSPS) is 10.8. The molecule has 9 heteroatoms. The molecule has 0 aliphatic heterocycles. The second-order valence-corrected chi connectivity index (χ2v) is 5.08. The van der Waals surface area contributed by atoms with Crippen LogP contribution in [-0.2, 0) is 10.0 Å². The van der Waals surface area contributed by atoms with Gasteiger partial charge in [0.1, 0.15) is 23.7 Å². The highest BCUT2D eigenvalue weighted by molar-refractivity contribution is 7.89. The van der Waals surface area contributed by atoms with E-state index in [1.807, 2.05) is 0 Å². The number of aromatic nitrogens is 1. The van der Waals surface area contributed by atoms with Gasteiger partial charge >= 0.3 is 5.97 Å². The lowest BCUT2D eigenvalue weighted by Gasteiger charge is -2.14. The fourth-order valence-corrected chi connectivity index (χ4v) is 2.41. The molecule has 94 valence electrons. The summed E-state index contributed by atoms with van der Waals surface area (Å²) in [5, 5.41) is 25.7. The molecule has 0 aliphatic carbocycles. The van der Waals surface area contributed by atoms with Crippen molar-refractivity contribution in [2.75, 3.05) is 13.1 Å². The first-order valence-corrected chi connectivity index (χ1v) is 6.03. The summed E-state index contributed by atoms with van der Waals surface area (Å²) in [6.45, 7) is -0.965. The number of nitrogens with one attached hydrogen (secondary N) is 1. The van der Waals surface area contributed by atoms with Gasteiger partial charge in [0, 0.05) is 6.20 Å². The molecule has 0 aliphatic rings. The van der Waals surface area contributed by atoms with Crippen LogP contribution in [0.4, 0.5) is 0 Å². The van der Waals surface area contributed by atoms with Crippen LogP contribution in [0, 0.1) is 22.7 Å². The summed E-state index contributed by atoms with van der Waals surface area (Å²) in [5.41, 5.74) is -0.289. The predicted octanol–water partition coefficient (Wildman–Crippen LogP) is -0.249. The van der Waals surface area contributed by atoms with Gasteiger partial charge < -0.3 is 10.1 Å². The van der Waals surface area contributed by atoms with Crippen molar-refractivity contribution >= 4 is 16.0 Å². The Kier molecular flexibility index (Phi) is 4.05. The molecule has 8 nitrogen and oxygen atoms in total. The minimum Gasteiger partial charge on any atom is -0.477 e. The Labute approximate surface area is 103 Å². The molecule has 0 spiro atoms. The lowest BCUT2D eigenvalue weighted by atomic mass is 10.4. The summed E-state index contributed by atoms with van der Waals surface area (Å²) in [6.07, 6.45) is 1.00. The van der Waals surface area contributed by atoms with Crippen LogP contribution in [0.5, 0.6) is 0 Å². The van der Waals surface area contributed by atoms with Crippen LogP contribution in [0.3, 0.4) is 0 Å². The zero-order chi connectivity index (χ0) is 13.8. The first-order valence-electron chi connectivity index (χ1n) is 4.59. The summed E-state index contributed by atoms with van der Waals surface area (Å²) >= 11 is 0. The van der Waals surface area contributed by atoms with Gasteiger partial charge in [0.2, 0.25) is 10.0 Å². The number of aromatic carboxylic acids is 1. The lowest BCUT2D eigenvalue weighted by Crippen LogP contribution is -2.31. The van der Waals surface area contributed by atoms with E-state index in [1.165, 1.54) is 0 Å². The fourth-order valence-electron chi connectivity index (χ4n) is 1.18. The van der Waals surface area contributed by atoms with Crippen LogP contribution < -0.4 is 0 Å². The Morgan fingerprint density at radius 2 is 1.94 bits per heavy atom. The van der Waals surface area contributed by atoms with Gasteiger partial charge in [-0.3, -0.25) is 0 Å². The monoisotopic (exact) mass is 268 g/mol. The summed E-state index contributed by atoms with van der Waals surface area (Å²) in [4.78, 5) is 12.6. The molecule has 0 atom stereocenters. The molecule has 0 amide bonds. The van der Waals surface area contributed by atoms with Crippen molar-refractivity contribution in [2.24, 2.45) is 0 Å². The van der Waals surface area contributed by atoms with E-state index < -0.39 is 29.1 Å². The fraction of sp³-hybridized carbons (Fsp3) is 0.222. The van der Waals surface area contributed by atoms with Gasteiger partial charge in [0.05, 0.1) is 12.1 Å². The summed E-state index contributed by atoms with van der Waals surface area (Å²) in [7, 11) is -4.04. The predicted molar refractivity (Wildman–Crippen MR) is 57.7 cm³/mol. The van der Waals surface area contributed by atoms with Crippen molar-refractivity contribution in [3.8, 4) is 12.1 Å². The molecule has 2 N–H and O–H groups in total. The molecule has 0 saturated heterocycles. The summed E-state index contributed by atoms with van der Waals surface area (Å²) in [5.74, 6) is -1.30. The molecular weight excluding hydrogens is 260 g/mol. The summed E-state index contributed by atoms with van der Waals surface area (Å²) in [6, 6.07) is 4.18. The molecular formula is C9H8N4O4S. The third-order valence-corrected chi connectivity index (χ3v) is 3.79. The number of carboxylic acids is 1. The number of nitriles is 2. The van der Waals surface area contributed by atoms with Gasteiger partial charge in [0.25, 0.3) is 0 Å². The van der Waals surface area contributed by atoms with Crippen LogP contribution in [-0.4, -0.2) is 41.9 Å². The van der Waals surface area contributed by atoms with Crippen LogP contribution >= 0.6 is 0 Å². The van der Waals surface area contributed by atoms with Crippen molar-refractivity contribution in [2.45, 2.75) is 4.90 Å². The average molecular weight is 268 g/mol. The molecule has 0 saturated carbocycles. The minimum absolute atomic E-state index is 0.289. The zero-order valence-corrected chi connectivity index (χ0v) is 9.81. The smallest absolute Gasteiger partial charge is 0.352 e. The maximum atomic E-state index is 12.0. The van der Waals surface area contributed by atoms with Gasteiger partial charge in [-0.05, 0) is 6.07 Å². The Bertz CT molecular complexity index is 618. The molecule has 0 radical (unpaired) electrons. The second kappa shape index (κ2) is 5.31. The van der Waals surface area contributed by atoms with Crippen molar-refractivity contribution in [1.82, 2.24) is 9.29 Å². The van der Waals surface area contributed by atoms with Gasteiger partial charge in [-0.1, -0.05) is 0 Å². The van der Waals surface area contributed by atoms with Gasteiger partial charge in [0.15, 0.2) is 0 Å². The molecule has 0 fully saturated rings.